The first-order valence-corrected chi connectivity index (χ1v) is 6.33. The molecule has 5 heteroatoms. The minimum absolute atomic E-state index is 0.0693. The van der Waals surface area contributed by atoms with Gasteiger partial charge in [0.15, 0.2) is 0 Å². The van der Waals surface area contributed by atoms with Crippen LogP contribution in [0.4, 0.5) is 10.1 Å². The molecule has 0 aliphatic heterocycles. The molecule has 0 atom stereocenters. The number of nitrogen functional groups attached to an aromatic ring is 1. The van der Waals surface area contributed by atoms with Gasteiger partial charge in [0.1, 0.15) is 18.0 Å². The maximum Gasteiger partial charge on any atom is 0.343 e. The number of esters is 1. The molecule has 0 radical (unpaired) electrons. The van der Waals surface area contributed by atoms with Gasteiger partial charge in [-0.05, 0) is 29.8 Å². The molecule has 0 aromatic heterocycles. The molecule has 0 heterocycles. The van der Waals surface area contributed by atoms with Crippen LogP contribution in [0, 0.1) is 5.82 Å². The summed E-state index contributed by atoms with van der Waals surface area (Å²) in [7, 11) is 0. The van der Waals surface area contributed by atoms with Crippen molar-refractivity contribution in [3.05, 3.63) is 63.9 Å². The van der Waals surface area contributed by atoms with Crippen LogP contribution >= 0.6 is 15.9 Å². The Labute approximate surface area is 118 Å². The molecule has 0 saturated heterocycles. The molecule has 0 amide bonds. The highest BCUT2D eigenvalue weighted by Gasteiger charge is 2.16. The van der Waals surface area contributed by atoms with Gasteiger partial charge in [0.25, 0.3) is 0 Å². The van der Waals surface area contributed by atoms with E-state index in [1.807, 2.05) is 24.3 Å². The molecule has 0 bridgehead atoms. The smallest absolute Gasteiger partial charge is 0.343 e. The third kappa shape index (κ3) is 3.32. The van der Waals surface area contributed by atoms with Crippen LogP contribution in [-0.4, -0.2) is 5.97 Å². The van der Waals surface area contributed by atoms with Gasteiger partial charge in [-0.2, -0.15) is 0 Å². The number of anilines is 1. The molecule has 0 aliphatic rings. The van der Waals surface area contributed by atoms with Crippen LogP contribution in [0.25, 0.3) is 0 Å². The van der Waals surface area contributed by atoms with Crippen molar-refractivity contribution in [1.82, 2.24) is 0 Å². The molecular weight excluding hydrogens is 313 g/mol. The average Bonchev–Trinajstić information content (AvgIpc) is 2.38. The monoisotopic (exact) mass is 323 g/mol. The summed E-state index contributed by atoms with van der Waals surface area (Å²) in [5.41, 5.74) is 6.22. The molecule has 3 nitrogen and oxygen atoms in total. The number of halogens is 2. The Morgan fingerprint density at radius 1 is 1.21 bits per heavy atom. The topological polar surface area (TPSA) is 52.3 Å². The van der Waals surface area contributed by atoms with Gasteiger partial charge >= 0.3 is 5.97 Å². The number of benzene rings is 2. The van der Waals surface area contributed by atoms with Crippen molar-refractivity contribution in [2.45, 2.75) is 6.61 Å². The predicted octanol–water partition coefficient (Wildman–Crippen LogP) is 3.53. The zero-order valence-electron chi connectivity index (χ0n) is 9.90. The first-order chi connectivity index (χ1) is 9.08. The number of carbonyl (C=O) groups excluding carboxylic acids is 1. The van der Waals surface area contributed by atoms with E-state index in [2.05, 4.69) is 15.9 Å². The Morgan fingerprint density at radius 3 is 2.53 bits per heavy atom. The fourth-order valence-electron chi connectivity index (χ4n) is 1.56. The Kier molecular flexibility index (Phi) is 4.16. The maximum atomic E-state index is 13.5. The predicted molar refractivity (Wildman–Crippen MR) is 74.1 cm³/mol. The first-order valence-electron chi connectivity index (χ1n) is 5.53. The Balaban J connectivity index is 2.07. The summed E-state index contributed by atoms with van der Waals surface area (Å²) in [6.07, 6.45) is 0. The van der Waals surface area contributed by atoms with Crippen molar-refractivity contribution >= 4 is 27.6 Å². The van der Waals surface area contributed by atoms with Crippen LogP contribution in [0.15, 0.2) is 46.9 Å². The van der Waals surface area contributed by atoms with Crippen molar-refractivity contribution in [3.8, 4) is 0 Å². The number of nitrogens with two attached hydrogens (primary N) is 1. The molecule has 2 rings (SSSR count). The summed E-state index contributed by atoms with van der Waals surface area (Å²) in [6.45, 7) is 0.0693. The van der Waals surface area contributed by atoms with Gasteiger partial charge in [-0.3, -0.25) is 0 Å². The number of ether oxygens (including phenoxy) is 1. The van der Waals surface area contributed by atoms with Crippen LogP contribution in [0.3, 0.4) is 0 Å². The second kappa shape index (κ2) is 5.84. The summed E-state index contributed by atoms with van der Waals surface area (Å²) < 4.78 is 19.5. The van der Waals surface area contributed by atoms with Gasteiger partial charge in [0.05, 0.1) is 0 Å². The second-order valence-electron chi connectivity index (χ2n) is 3.91. The summed E-state index contributed by atoms with van der Waals surface area (Å²) >= 11 is 3.31. The maximum absolute atomic E-state index is 13.5. The van der Waals surface area contributed by atoms with Crippen LogP contribution in [-0.2, 0) is 11.3 Å². The average molecular weight is 324 g/mol. The summed E-state index contributed by atoms with van der Waals surface area (Å²) in [6, 6.07) is 11.4. The number of carbonyl (C=O) groups is 1. The molecule has 0 unspecified atom stereocenters. The SMILES string of the molecule is Nc1cccc(F)c1C(=O)OCc1ccc(Br)cc1. The van der Waals surface area contributed by atoms with E-state index in [-0.39, 0.29) is 17.9 Å². The second-order valence-corrected chi connectivity index (χ2v) is 4.82. The lowest BCUT2D eigenvalue weighted by atomic mass is 10.1. The van der Waals surface area contributed by atoms with Gasteiger partial charge in [0.2, 0.25) is 0 Å². The number of hydrogen-bond acceptors (Lipinski definition) is 3. The quantitative estimate of drug-likeness (QED) is 0.694. The summed E-state index contributed by atoms with van der Waals surface area (Å²) in [4.78, 5) is 11.8. The standard InChI is InChI=1S/C14H11BrFNO2/c15-10-6-4-9(5-7-10)8-19-14(18)13-11(16)2-1-3-12(13)17/h1-7H,8,17H2. The van der Waals surface area contributed by atoms with Crippen molar-refractivity contribution in [2.24, 2.45) is 0 Å². The lowest BCUT2D eigenvalue weighted by molar-refractivity contribution is 0.0468. The third-order valence-corrected chi connectivity index (χ3v) is 3.06. The normalized spacial score (nSPS) is 10.2. The van der Waals surface area contributed by atoms with Crippen LogP contribution in [0.2, 0.25) is 0 Å². The first kappa shape index (κ1) is 13.5. The molecule has 2 aromatic carbocycles. The summed E-state index contributed by atoms with van der Waals surface area (Å²) in [5, 5.41) is 0. The number of hydrogen-bond donors (Lipinski definition) is 1. The lowest BCUT2D eigenvalue weighted by Crippen LogP contribution is -2.10. The van der Waals surface area contributed by atoms with Crippen LogP contribution in [0.1, 0.15) is 15.9 Å². The zero-order valence-corrected chi connectivity index (χ0v) is 11.5. The van der Waals surface area contributed by atoms with Crippen molar-refractivity contribution < 1.29 is 13.9 Å². The van der Waals surface area contributed by atoms with E-state index in [9.17, 15) is 9.18 Å². The minimum Gasteiger partial charge on any atom is -0.457 e. The zero-order chi connectivity index (χ0) is 13.8. The van der Waals surface area contributed by atoms with E-state index in [1.54, 1.807) is 0 Å². The Hall–Kier alpha value is -1.88. The van der Waals surface area contributed by atoms with Crippen molar-refractivity contribution in [3.63, 3.8) is 0 Å². The molecule has 2 N–H and O–H groups in total. The lowest BCUT2D eigenvalue weighted by Gasteiger charge is -2.08. The molecule has 0 spiro atoms. The van der Waals surface area contributed by atoms with Crippen LogP contribution in [0.5, 0.6) is 0 Å². The highest BCUT2D eigenvalue weighted by molar-refractivity contribution is 9.10. The fraction of sp³-hybridized carbons (Fsp3) is 0.0714. The largest absolute Gasteiger partial charge is 0.457 e. The van der Waals surface area contributed by atoms with E-state index in [0.29, 0.717) is 0 Å². The van der Waals surface area contributed by atoms with Crippen molar-refractivity contribution in [1.29, 1.82) is 0 Å². The van der Waals surface area contributed by atoms with Gasteiger partial charge in [-0.25, -0.2) is 9.18 Å². The Bertz CT molecular complexity index is 579. The molecule has 2 aromatic rings. The number of rotatable bonds is 3. The van der Waals surface area contributed by atoms with E-state index in [4.69, 9.17) is 10.5 Å². The molecule has 98 valence electrons. The molecule has 19 heavy (non-hydrogen) atoms. The highest BCUT2D eigenvalue weighted by Crippen LogP contribution is 2.18. The molecule has 0 fully saturated rings. The van der Waals surface area contributed by atoms with Gasteiger partial charge in [-0.1, -0.05) is 34.1 Å². The summed E-state index contributed by atoms with van der Waals surface area (Å²) in [5.74, 6) is -1.45. The van der Waals surface area contributed by atoms with E-state index >= 15 is 0 Å². The van der Waals surface area contributed by atoms with Crippen LogP contribution < -0.4 is 5.73 Å². The van der Waals surface area contributed by atoms with Crippen molar-refractivity contribution in [2.75, 3.05) is 5.73 Å². The molecule has 0 aliphatic carbocycles. The van der Waals surface area contributed by atoms with E-state index < -0.39 is 11.8 Å². The van der Waals surface area contributed by atoms with Gasteiger partial charge < -0.3 is 10.5 Å². The fourth-order valence-corrected chi connectivity index (χ4v) is 1.82. The Morgan fingerprint density at radius 2 is 1.89 bits per heavy atom. The van der Waals surface area contributed by atoms with Gasteiger partial charge in [0, 0.05) is 10.2 Å². The highest BCUT2D eigenvalue weighted by atomic mass is 79.9. The van der Waals surface area contributed by atoms with Gasteiger partial charge in [-0.15, -0.1) is 0 Å². The minimum atomic E-state index is -0.765. The van der Waals surface area contributed by atoms with E-state index in [0.717, 1.165) is 10.0 Å². The molecular formula is C14H11BrFNO2. The molecule has 0 saturated carbocycles. The third-order valence-electron chi connectivity index (χ3n) is 2.53. The van der Waals surface area contributed by atoms with E-state index in [1.165, 1.54) is 18.2 Å².